The monoisotopic (exact) mass is 271 g/mol. The summed E-state index contributed by atoms with van der Waals surface area (Å²) < 4.78 is 5.15. The van der Waals surface area contributed by atoms with Crippen molar-refractivity contribution in [3.05, 3.63) is 59.1 Å². The van der Waals surface area contributed by atoms with Gasteiger partial charge in [0.15, 0.2) is 0 Å². The fourth-order valence-corrected chi connectivity index (χ4v) is 1.76. The minimum absolute atomic E-state index is 0.530. The van der Waals surface area contributed by atoms with Crippen LogP contribution in [-0.4, -0.2) is 13.7 Å². The zero-order valence-corrected chi connectivity index (χ0v) is 11.4. The standard InChI is InChI=1S/C16H14ClNO/c1-19-14-9-10-15(17)16(12-14)18-11-5-8-13-6-3-2-4-7-13/h2-4,6-7,9-10,12,18H,11H2,1H3. The van der Waals surface area contributed by atoms with Crippen LogP contribution in [0, 0.1) is 11.8 Å². The number of hydrogen-bond acceptors (Lipinski definition) is 2. The van der Waals surface area contributed by atoms with Crippen molar-refractivity contribution in [3.63, 3.8) is 0 Å². The predicted molar refractivity (Wildman–Crippen MR) is 79.8 cm³/mol. The Balaban J connectivity index is 1.98. The van der Waals surface area contributed by atoms with Crippen molar-refractivity contribution in [1.82, 2.24) is 0 Å². The molecule has 0 unspecified atom stereocenters. The second kappa shape index (κ2) is 6.72. The lowest BCUT2D eigenvalue weighted by molar-refractivity contribution is 0.415. The minimum atomic E-state index is 0.530. The zero-order chi connectivity index (χ0) is 13.5. The molecule has 0 heterocycles. The van der Waals surface area contributed by atoms with Gasteiger partial charge in [-0.3, -0.25) is 0 Å². The number of methoxy groups -OCH3 is 1. The Kier molecular flexibility index (Phi) is 4.72. The summed E-state index contributed by atoms with van der Waals surface area (Å²) in [5, 5.41) is 3.83. The Morgan fingerprint density at radius 2 is 1.95 bits per heavy atom. The molecule has 0 radical (unpaired) electrons. The summed E-state index contributed by atoms with van der Waals surface area (Å²) in [4.78, 5) is 0. The lowest BCUT2D eigenvalue weighted by Crippen LogP contribution is -1.99. The molecule has 0 fully saturated rings. The van der Waals surface area contributed by atoms with Crippen LogP contribution in [0.15, 0.2) is 48.5 Å². The third-order valence-corrected chi connectivity index (χ3v) is 2.88. The molecule has 2 nitrogen and oxygen atoms in total. The first kappa shape index (κ1) is 13.3. The van der Waals surface area contributed by atoms with Crippen molar-refractivity contribution in [2.45, 2.75) is 0 Å². The van der Waals surface area contributed by atoms with Gasteiger partial charge in [0.05, 0.1) is 24.4 Å². The van der Waals surface area contributed by atoms with Crippen LogP contribution in [0.3, 0.4) is 0 Å². The van der Waals surface area contributed by atoms with Crippen molar-refractivity contribution < 1.29 is 4.74 Å². The molecule has 3 heteroatoms. The number of nitrogens with one attached hydrogen (secondary N) is 1. The van der Waals surface area contributed by atoms with Crippen molar-refractivity contribution in [3.8, 4) is 17.6 Å². The molecule has 0 aliphatic rings. The molecule has 0 atom stereocenters. The van der Waals surface area contributed by atoms with E-state index in [9.17, 15) is 0 Å². The summed E-state index contributed by atoms with van der Waals surface area (Å²) in [7, 11) is 1.63. The molecule has 0 amide bonds. The van der Waals surface area contributed by atoms with Gasteiger partial charge in [-0.2, -0.15) is 0 Å². The zero-order valence-electron chi connectivity index (χ0n) is 10.6. The maximum atomic E-state index is 6.08. The summed E-state index contributed by atoms with van der Waals surface area (Å²) in [5.74, 6) is 6.90. The Morgan fingerprint density at radius 3 is 2.68 bits per heavy atom. The first-order chi connectivity index (χ1) is 9.29. The average Bonchev–Trinajstić information content (AvgIpc) is 2.46. The molecule has 0 aliphatic heterocycles. The van der Waals surface area contributed by atoms with Gasteiger partial charge in [-0.05, 0) is 24.3 Å². The lowest BCUT2D eigenvalue weighted by atomic mass is 10.2. The van der Waals surface area contributed by atoms with Crippen LogP contribution in [0.1, 0.15) is 5.56 Å². The number of ether oxygens (including phenoxy) is 1. The van der Waals surface area contributed by atoms with Gasteiger partial charge in [-0.1, -0.05) is 41.6 Å². The fourth-order valence-electron chi connectivity index (χ4n) is 1.57. The van der Waals surface area contributed by atoms with Crippen LogP contribution < -0.4 is 10.1 Å². The summed E-state index contributed by atoms with van der Waals surface area (Å²) >= 11 is 6.08. The lowest BCUT2D eigenvalue weighted by Gasteiger charge is -2.07. The highest BCUT2D eigenvalue weighted by molar-refractivity contribution is 6.33. The first-order valence-corrected chi connectivity index (χ1v) is 6.29. The van der Waals surface area contributed by atoms with Gasteiger partial charge in [0.2, 0.25) is 0 Å². The van der Waals surface area contributed by atoms with Crippen molar-refractivity contribution in [2.24, 2.45) is 0 Å². The van der Waals surface area contributed by atoms with Gasteiger partial charge in [-0.25, -0.2) is 0 Å². The van der Waals surface area contributed by atoms with E-state index >= 15 is 0 Å². The normalized spacial score (nSPS) is 9.37. The van der Waals surface area contributed by atoms with Crippen LogP contribution >= 0.6 is 11.6 Å². The fraction of sp³-hybridized carbons (Fsp3) is 0.125. The molecule has 0 aliphatic carbocycles. The SMILES string of the molecule is COc1ccc(Cl)c(NCC#Cc2ccccc2)c1. The third kappa shape index (κ3) is 3.94. The van der Waals surface area contributed by atoms with Crippen molar-refractivity contribution in [2.75, 3.05) is 19.0 Å². The maximum Gasteiger partial charge on any atom is 0.121 e. The summed E-state index contributed by atoms with van der Waals surface area (Å²) in [6.45, 7) is 0.530. The van der Waals surface area contributed by atoms with Gasteiger partial charge < -0.3 is 10.1 Å². The third-order valence-electron chi connectivity index (χ3n) is 2.55. The van der Waals surface area contributed by atoms with Gasteiger partial charge in [-0.15, -0.1) is 0 Å². The van der Waals surface area contributed by atoms with E-state index in [1.165, 1.54) is 0 Å². The molecule has 0 aromatic heterocycles. The first-order valence-electron chi connectivity index (χ1n) is 5.91. The molecule has 2 rings (SSSR count). The van der Waals surface area contributed by atoms with Crippen LogP contribution in [0.2, 0.25) is 5.02 Å². The average molecular weight is 272 g/mol. The smallest absolute Gasteiger partial charge is 0.121 e. The van der Waals surface area contributed by atoms with Crippen LogP contribution in [0.25, 0.3) is 0 Å². The van der Waals surface area contributed by atoms with Crippen LogP contribution in [0.4, 0.5) is 5.69 Å². The highest BCUT2D eigenvalue weighted by Gasteiger charge is 2.00. The summed E-state index contributed by atoms with van der Waals surface area (Å²) in [6, 6.07) is 15.3. The highest BCUT2D eigenvalue weighted by atomic mass is 35.5. The Labute approximate surface area is 118 Å². The number of rotatable bonds is 3. The summed E-state index contributed by atoms with van der Waals surface area (Å²) in [5.41, 5.74) is 1.82. The predicted octanol–water partition coefficient (Wildman–Crippen LogP) is 3.81. The quantitative estimate of drug-likeness (QED) is 0.857. The van der Waals surface area contributed by atoms with E-state index in [0.717, 1.165) is 17.0 Å². The van der Waals surface area contributed by atoms with E-state index < -0.39 is 0 Å². The highest BCUT2D eigenvalue weighted by Crippen LogP contribution is 2.26. The van der Waals surface area contributed by atoms with Gasteiger partial charge >= 0.3 is 0 Å². The van der Waals surface area contributed by atoms with E-state index in [0.29, 0.717) is 11.6 Å². The molecular formula is C16H14ClNO. The van der Waals surface area contributed by atoms with Crippen LogP contribution in [0.5, 0.6) is 5.75 Å². The van der Waals surface area contributed by atoms with Gasteiger partial charge in [0, 0.05) is 11.6 Å². The minimum Gasteiger partial charge on any atom is -0.497 e. The maximum absolute atomic E-state index is 6.08. The Bertz CT molecular complexity index is 599. The van der Waals surface area contributed by atoms with Crippen molar-refractivity contribution in [1.29, 1.82) is 0 Å². The van der Waals surface area contributed by atoms with Gasteiger partial charge in [0.25, 0.3) is 0 Å². The molecule has 1 N–H and O–H groups in total. The van der Waals surface area contributed by atoms with E-state index in [1.807, 2.05) is 42.5 Å². The second-order valence-corrected chi connectivity index (χ2v) is 4.27. The van der Waals surface area contributed by atoms with E-state index in [-0.39, 0.29) is 0 Å². The molecule has 19 heavy (non-hydrogen) atoms. The molecule has 2 aromatic rings. The second-order valence-electron chi connectivity index (χ2n) is 3.87. The Morgan fingerprint density at radius 1 is 1.16 bits per heavy atom. The molecule has 0 bridgehead atoms. The van der Waals surface area contributed by atoms with Gasteiger partial charge in [0.1, 0.15) is 5.75 Å². The topological polar surface area (TPSA) is 21.3 Å². The Hall–Kier alpha value is -2.11. The van der Waals surface area contributed by atoms with E-state index in [1.54, 1.807) is 13.2 Å². The molecular weight excluding hydrogens is 258 g/mol. The number of halogens is 1. The molecule has 96 valence electrons. The van der Waals surface area contributed by atoms with E-state index in [2.05, 4.69) is 17.2 Å². The van der Waals surface area contributed by atoms with E-state index in [4.69, 9.17) is 16.3 Å². The number of hydrogen-bond donors (Lipinski definition) is 1. The number of benzene rings is 2. The summed E-state index contributed by atoms with van der Waals surface area (Å²) in [6.07, 6.45) is 0. The molecule has 2 aromatic carbocycles. The molecule has 0 saturated carbocycles. The van der Waals surface area contributed by atoms with Crippen LogP contribution in [-0.2, 0) is 0 Å². The number of anilines is 1. The molecule has 0 spiro atoms. The largest absolute Gasteiger partial charge is 0.497 e. The molecule has 0 saturated heterocycles. The van der Waals surface area contributed by atoms with Crippen molar-refractivity contribution >= 4 is 17.3 Å².